The predicted molar refractivity (Wildman–Crippen MR) is 172 cm³/mol. The highest BCUT2D eigenvalue weighted by Gasteiger charge is 2.74. The first-order chi connectivity index (χ1) is 21.9. The Morgan fingerprint density at radius 2 is 1.58 bits per heavy atom. The Kier molecular flexibility index (Phi) is 9.59. The third-order valence-electron chi connectivity index (χ3n) is 13.8. The van der Waals surface area contributed by atoms with Crippen molar-refractivity contribution in [3.63, 3.8) is 0 Å². The molecule has 0 spiro atoms. The Balaban J connectivity index is 1.47. The van der Waals surface area contributed by atoms with Gasteiger partial charge in [-0.1, -0.05) is 46.3 Å². The maximum absolute atomic E-state index is 14.6. The van der Waals surface area contributed by atoms with Crippen LogP contribution in [-0.2, 0) is 19.1 Å². The smallest absolute Gasteiger partial charge is 0.187 e. The summed E-state index contributed by atoms with van der Waals surface area (Å²) in [7, 11) is 0. The van der Waals surface area contributed by atoms with E-state index in [1.807, 2.05) is 27.7 Å². The number of carbonyl (C=O) groups is 2. The summed E-state index contributed by atoms with van der Waals surface area (Å²) in [4.78, 5) is 28.1. The molecule has 15 atom stereocenters. The summed E-state index contributed by atoms with van der Waals surface area (Å²) in [6, 6.07) is 0. The standard InChI is InChI=1S/C36H58O12/c1-31(2,45)12-11-23(40)36(8,46)28-20(39)14-33(5)22-10-9-17-18(35(22,7)24(41)15-34(28,33)6)13-19(38)29(32(17,3)4)48-30-27(44)26(43)25(42)21(16-37)47-30/h9,18-22,25-30,37-39,42-46H,10-16H2,1-8H3/t18-,19+,20+,21-,22+,25-,26+,27-,28+,29+,30+,33+,34-,35+,36+/m1/s1. The summed E-state index contributed by atoms with van der Waals surface area (Å²) in [6.45, 7) is 13.7. The van der Waals surface area contributed by atoms with Crippen molar-refractivity contribution in [2.75, 3.05) is 6.61 Å². The lowest BCUT2D eigenvalue weighted by molar-refractivity contribution is -0.327. The van der Waals surface area contributed by atoms with Crippen molar-refractivity contribution in [1.82, 2.24) is 0 Å². The average molecular weight is 683 g/mol. The maximum Gasteiger partial charge on any atom is 0.187 e. The van der Waals surface area contributed by atoms with Crippen LogP contribution < -0.4 is 0 Å². The van der Waals surface area contributed by atoms with E-state index in [2.05, 4.69) is 13.0 Å². The van der Waals surface area contributed by atoms with Gasteiger partial charge in [0.05, 0.1) is 30.5 Å². The minimum atomic E-state index is -1.93. The number of hydrogen-bond donors (Lipinski definition) is 8. The van der Waals surface area contributed by atoms with Gasteiger partial charge in [-0.05, 0) is 69.1 Å². The van der Waals surface area contributed by atoms with Gasteiger partial charge < -0.3 is 50.3 Å². The molecule has 3 saturated carbocycles. The Labute approximate surface area is 283 Å². The van der Waals surface area contributed by atoms with E-state index in [4.69, 9.17) is 9.47 Å². The van der Waals surface area contributed by atoms with Gasteiger partial charge in [-0.15, -0.1) is 0 Å². The second-order valence-corrected chi connectivity index (χ2v) is 17.6. The average Bonchev–Trinajstić information content (AvgIpc) is 3.18. The van der Waals surface area contributed by atoms with Crippen LogP contribution in [-0.4, -0.2) is 119 Å². The Bertz CT molecular complexity index is 1300. The van der Waals surface area contributed by atoms with Crippen LogP contribution in [0.1, 0.15) is 93.9 Å². The van der Waals surface area contributed by atoms with E-state index < -0.39 is 106 Å². The number of ketones is 2. The predicted octanol–water partition coefficient (Wildman–Crippen LogP) is 0.769. The second-order valence-electron chi connectivity index (χ2n) is 17.6. The molecular formula is C36H58O12. The van der Waals surface area contributed by atoms with Crippen LogP contribution in [0.2, 0.25) is 0 Å². The molecule has 1 heterocycles. The minimum absolute atomic E-state index is 0.0260. The van der Waals surface area contributed by atoms with Crippen LogP contribution in [0.5, 0.6) is 0 Å². The molecule has 8 N–H and O–H groups in total. The molecule has 1 saturated heterocycles. The van der Waals surface area contributed by atoms with Crippen molar-refractivity contribution in [3.05, 3.63) is 11.6 Å². The number of carbonyl (C=O) groups excluding carboxylic acids is 2. The normalized spacial score (nSPS) is 48.5. The van der Waals surface area contributed by atoms with Crippen LogP contribution >= 0.6 is 0 Å². The van der Waals surface area contributed by atoms with Crippen molar-refractivity contribution in [3.8, 4) is 0 Å². The van der Waals surface area contributed by atoms with E-state index in [1.54, 1.807) is 13.8 Å². The number of rotatable bonds is 8. The zero-order valence-corrected chi connectivity index (χ0v) is 29.6. The lowest BCUT2D eigenvalue weighted by atomic mass is 9.38. The molecule has 12 heteroatoms. The molecule has 5 rings (SSSR count). The summed E-state index contributed by atoms with van der Waals surface area (Å²) in [5.41, 5.74) is -5.54. The molecule has 0 aromatic rings. The number of hydrogen-bond acceptors (Lipinski definition) is 12. The summed E-state index contributed by atoms with van der Waals surface area (Å²) < 4.78 is 11.8. The Hall–Kier alpha value is -1.32. The summed E-state index contributed by atoms with van der Waals surface area (Å²) in [5.74, 6) is -2.12. The highest BCUT2D eigenvalue weighted by Crippen LogP contribution is 2.74. The van der Waals surface area contributed by atoms with E-state index in [1.165, 1.54) is 6.92 Å². The van der Waals surface area contributed by atoms with Crippen LogP contribution in [0, 0.1) is 39.4 Å². The zero-order chi connectivity index (χ0) is 36.2. The summed E-state index contributed by atoms with van der Waals surface area (Å²) in [5, 5.41) is 86.2. The van der Waals surface area contributed by atoms with Gasteiger partial charge in [-0.2, -0.15) is 0 Å². The van der Waals surface area contributed by atoms with Crippen LogP contribution in [0.15, 0.2) is 11.6 Å². The topological polar surface area (TPSA) is 214 Å². The first-order valence-corrected chi connectivity index (χ1v) is 17.4. The monoisotopic (exact) mass is 682 g/mol. The lowest BCUT2D eigenvalue weighted by Crippen LogP contribution is -2.66. The maximum atomic E-state index is 14.6. The number of ether oxygens (including phenoxy) is 2. The van der Waals surface area contributed by atoms with Gasteiger partial charge in [-0.3, -0.25) is 9.59 Å². The fourth-order valence-electron chi connectivity index (χ4n) is 11.0. The van der Waals surface area contributed by atoms with Gasteiger partial charge in [-0.25, -0.2) is 0 Å². The van der Waals surface area contributed by atoms with Crippen molar-refractivity contribution < 1.29 is 59.9 Å². The molecule has 0 radical (unpaired) electrons. The molecule has 5 aliphatic rings. The van der Waals surface area contributed by atoms with Gasteiger partial charge in [0.2, 0.25) is 0 Å². The first kappa shape index (κ1) is 37.9. The van der Waals surface area contributed by atoms with Crippen LogP contribution in [0.4, 0.5) is 0 Å². The van der Waals surface area contributed by atoms with Crippen molar-refractivity contribution in [2.45, 2.75) is 154 Å². The quantitative estimate of drug-likeness (QED) is 0.167. The Morgan fingerprint density at radius 3 is 2.17 bits per heavy atom. The lowest BCUT2D eigenvalue weighted by Gasteiger charge is -2.65. The van der Waals surface area contributed by atoms with Crippen molar-refractivity contribution in [1.29, 1.82) is 0 Å². The number of fused-ring (bicyclic) bond motifs is 5. The van der Waals surface area contributed by atoms with Gasteiger partial charge >= 0.3 is 0 Å². The van der Waals surface area contributed by atoms with Gasteiger partial charge in [0.1, 0.15) is 35.8 Å². The SMILES string of the molecule is CC(C)(O)CCC(=O)[C@](C)(O)[C@H]1[C@@H](O)C[C@@]2(C)[C@@H]3CC=C4[C@@H](C[C@H](O)[C@H](O[C@@H]5O[C@H](CO)[C@@H](O)[C@H](O)[C@H]5O)C4(C)C)[C@]3(C)C(=O)C[C@]12C. The van der Waals surface area contributed by atoms with E-state index in [0.29, 0.717) is 6.42 Å². The summed E-state index contributed by atoms with van der Waals surface area (Å²) >= 11 is 0. The van der Waals surface area contributed by atoms with Crippen molar-refractivity contribution in [2.24, 2.45) is 39.4 Å². The number of aliphatic hydroxyl groups is 8. The first-order valence-electron chi connectivity index (χ1n) is 17.4. The number of allylic oxidation sites excluding steroid dienone is 1. The second kappa shape index (κ2) is 12.1. The van der Waals surface area contributed by atoms with Crippen LogP contribution in [0.3, 0.4) is 0 Å². The van der Waals surface area contributed by atoms with Gasteiger partial charge in [0.25, 0.3) is 0 Å². The Morgan fingerprint density at radius 1 is 0.958 bits per heavy atom. The van der Waals surface area contributed by atoms with Crippen LogP contribution in [0.25, 0.3) is 0 Å². The molecular weight excluding hydrogens is 624 g/mol. The van der Waals surface area contributed by atoms with Gasteiger partial charge in [0, 0.05) is 29.6 Å². The molecule has 4 aliphatic carbocycles. The molecule has 0 bridgehead atoms. The third-order valence-corrected chi connectivity index (χ3v) is 13.8. The fraction of sp³-hybridized carbons (Fsp3) is 0.889. The molecule has 4 fully saturated rings. The van der Waals surface area contributed by atoms with E-state index >= 15 is 0 Å². The number of aliphatic hydroxyl groups excluding tert-OH is 6. The zero-order valence-electron chi connectivity index (χ0n) is 29.6. The molecule has 274 valence electrons. The third kappa shape index (κ3) is 5.48. The number of Topliss-reactive ketones (excluding diaryl/α,β-unsaturated/α-hetero) is 2. The van der Waals surface area contributed by atoms with Crippen molar-refractivity contribution >= 4 is 11.6 Å². The molecule has 48 heavy (non-hydrogen) atoms. The molecule has 0 aromatic heterocycles. The minimum Gasteiger partial charge on any atom is -0.394 e. The molecule has 1 aliphatic heterocycles. The highest BCUT2D eigenvalue weighted by molar-refractivity contribution is 5.90. The molecule has 0 unspecified atom stereocenters. The summed E-state index contributed by atoms with van der Waals surface area (Å²) in [6.07, 6.45) is -7.43. The van der Waals surface area contributed by atoms with E-state index in [0.717, 1.165) is 5.57 Å². The van der Waals surface area contributed by atoms with Gasteiger partial charge in [0.15, 0.2) is 12.1 Å². The molecule has 12 nitrogen and oxygen atoms in total. The van der Waals surface area contributed by atoms with E-state index in [9.17, 15) is 50.4 Å². The molecule has 0 amide bonds. The fourth-order valence-corrected chi connectivity index (χ4v) is 11.0. The highest BCUT2D eigenvalue weighted by atomic mass is 16.7. The largest absolute Gasteiger partial charge is 0.394 e. The van der Waals surface area contributed by atoms with E-state index in [-0.39, 0.29) is 43.8 Å². The molecule has 0 aromatic carbocycles.